The van der Waals surface area contributed by atoms with Crippen LogP contribution in [0.1, 0.15) is 21.5 Å². The Morgan fingerprint density at radius 1 is 0.900 bits per heavy atom. The molecule has 0 aliphatic heterocycles. The van der Waals surface area contributed by atoms with E-state index in [1.165, 1.54) is 0 Å². The van der Waals surface area contributed by atoms with Gasteiger partial charge in [0.1, 0.15) is 5.75 Å². The molecule has 3 aromatic carbocycles. The molecule has 98 valence electrons. The summed E-state index contributed by atoms with van der Waals surface area (Å²) in [7, 11) is 0. The molecule has 0 aromatic heterocycles. The number of fused-ring (bicyclic) bond motifs is 1. The van der Waals surface area contributed by atoms with E-state index in [4.69, 9.17) is 0 Å². The molecule has 0 spiro atoms. The monoisotopic (exact) mass is 262 g/mol. The zero-order valence-corrected chi connectivity index (χ0v) is 11.1. The number of phenolic OH excluding ortho intramolecular Hbond substituents is 1. The van der Waals surface area contributed by atoms with Gasteiger partial charge >= 0.3 is 0 Å². The third-order valence-electron chi connectivity index (χ3n) is 3.46. The second kappa shape index (κ2) is 4.82. The molecule has 20 heavy (non-hydrogen) atoms. The van der Waals surface area contributed by atoms with Crippen LogP contribution in [0.5, 0.6) is 5.75 Å². The number of rotatable bonds is 2. The molecule has 0 bridgehead atoms. The molecule has 0 heterocycles. The van der Waals surface area contributed by atoms with E-state index in [9.17, 15) is 9.90 Å². The highest BCUT2D eigenvalue weighted by Gasteiger charge is 2.15. The predicted molar refractivity (Wildman–Crippen MR) is 80.2 cm³/mol. The molecule has 2 heteroatoms. The van der Waals surface area contributed by atoms with Crippen LogP contribution in [0.3, 0.4) is 0 Å². The third-order valence-corrected chi connectivity index (χ3v) is 3.46. The smallest absolute Gasteiger partial charge is 0.196 e. The van der Waals surface area contributed by atoms with E-state index in [1.807, 2.05) is 49.4 Å². The molecule has 0 atom stereocenters. The number of hydrogen-bond acceptors (Lipinski definition) is 2. The van der Waals surface area contributed by atoms with Gasteiger partial charge in [-0.3, -0.25) is 4.79 Å². The van der Waals surface area contributed by atoms with E-state index in [-0.39, 0.29) is 11.5 Å². The molecular formula is C18H14O2. The maximum atomic E-state index is 12.5. The number of carbonyl (C=O) groups excluding carboxylic acids is 1. The van der Waals surface area contributed by atoms with Crippen molar-refractivity contribution in [3.05, 3.63) is 77.4 Å². The molecule has 0 fully saturated rings. The van der Waals surface area contributed by atoms with E-state index in [0.29, 0.717) is 16.5 Å². The molecule has 0 aliphatic carbocycles. The minimum absolute atomic E-state index is 0.0497. The first-order valence-corrected chi connectivity index (χ1v) is 6.49. The summed E-state index contributed by atoms with van der Waals surface area (Å²) in [4.78, 5) is 12.5. The van der Waals surface area contributed by atoms with Gasteiger partial charge in [-0.05, 0) is 18.4 Å². The van der Waals surface area contributed by atoms with E-state index in [2.05, 4.69) is 0 Å². The quantitative estimate of drug-likeness (QED) is 0.706. The van der Waals surface area contributed by atoms with Crippen LogP contribution in [0.2, 0.25) is 0 Å². The van der Waals surface area contributed by atoms with Crippen molar-refractivity contribution in [2.24, 2.45) is 0 Å². The third kappa shape index (κ3) is 2.05. The van der Waals surface area contributed by atoms with Crippen LogP contribution in [0.25, 0.3) is 10.8 Å². The second-order valence-corrected chi connectivity index (χ2v) is 4.88. The summed E-state index contributed by atoms with van der Waals surface area (Å²) < 4.78 is 0. The van der Waals surface area contributed by atoms with Crippen molar-refractivity contribution >= 4 is 16.6 Å². The highest BCUT2D eigenvalue weighted by Crippen LogP contribution is 2.30. The van der Waals surface area contributed by atoms with E-state index >= 15 is 0 Å². The summed E-state index contributed by atoms with van der Waals surface area (Å²) in [5.74, 6) is -0.109. The first-order chi connectivity index (χ1) is 9.66. The molecule has 0 unspecified atom stereocenters. The van der Waals surface area contributed by atoms with Crippen molar-refractivity contribution in [1.29, 1.82) is 0 Å². The van der Waals surface area contributed by atoms with Crippen molar-refractivity contribution in [2.45, 2.75) is 6.92 Å². The van der Waals surface area contributed by atoms with Gasteiger partial charge in [0.2, 0.25) is 0 Å². The predicted octanol–water partition coefficient (Wildman–Crippen LogP) is 4.08. The summed E-state index contributed by atoms with van der Waals surface area (Å²) in [6.07, 6.45) is 0. The highest BCUT2D eigenvalue weighted by molar-refractivity contribution is 6.13. The molecular weight excluding hydrogens is 248 g/mol. The van der Waals surface area contributed by atoms with Crippen LogP contribution in [-0.2, 0) is 0 Å². The molecule has 0 saturated carbocycles. The standard InChI is InChI=1S/C18H14O2/c1-12-6-8-14(9-7-12)17(19)16-11-10-13-4-2-3-5-15(13)18(16)20/h2-11,20H,1H3. The molecule has 3 aromatic rings. The van der Waals surface area contributed by atoms with Crippen molar-refractivity contribution in [1.82, 2.24) is 0 Å². The summed E-state index contributed by atoms with van der Waals surface area (Å²) in [6, 6.07) is 18.4. The fourth-order valence-corrected chi connectivity index (χ4v) is 2.30. The average Bonchev–Trinajstić information content (AvgIpc) is 2.48. The van der Waals surface area contributed by atoms with Crippen molar-refractivity contribution in [3.63, 3.8) is 0 Å². The first kappa shape index (κ1) is 12.4. The molecule has 2 nitrogen and oxygen atoms in total. The van der Waals surface area contributed by atoms with Gasteiger partial charge in [-0.2, -0.15) is 0 Å². The Hall–Kier alpha value is -2.61. The van der Waals surface area contributed by atoms with Gasteiger partial charge in [0, 0.05) is 10.9 Å². The van der Waals surface area contributed by atoms with E-state index in [1.54, 1.807) is 18.2 Å². The van der Waals surface area contributed by atoms with Gasteiger partial charge in [-0.15, -0.1) is 0 Å². The van der Waals surface area contributed by atoms with Gasteiger partial charge < -0.3 is 5.11 Å². The zero-order valence-electron chi connectivity index (χ0n) is 11.1. The lowest BCUT2D eigenvalue weighted by Gasteiger charge is -2.07. The second-order valence-electron chi connectivity index (χ2n) is 4.88. The SMILES string of the molecule is Cc1ccc(C(=O)c2ccc3ccccc3c2O)cc1. The van der Waals surface area contributed by atoms with Crippen LogP contribution in [0.15, 0.2) is 60.7 Å². The zero-order chi connectivity index (χ0) is 14.1. The van der Waals surface area contributed by atoms with Crippen LogP contribution in [0, 0.1) is 6.92 Å². The number of carbonyl (C=O) groups is 1. The minimum Gasteiger partial charge on any atom is -0.507 e. The molecule has 3 rings (SSSR count). The summed E-state index contributed by atoms with van der Waals surface area (Å²) in [5, 5.41) is 11.9. The minimum atomic E-state index is -0.159. The Bertz CT molecular complexity index is 786. The number of phenols is 1. The first-order valence-electron chi connectivity index (χ1n) is 6.49. The number of aryl methyl sites for hydroxylation is 1. The molecule has 0 saturated heterocycles. The largest absolute Gasteiger partial charge is 0.507 e. The van der Waals surface area contributed by atoms with Gasteiger partial charge in [0.05, 0.1) is 5.56 Å². The number of benzene rings is 3. The lowest BCUT2D eigenvalue weighted by Crippen LogP contribution is -2.01. The summed E-state index contributed by atoms with van der Waals surface area (Å²) in [5.41, 5.74) is 2.03. The Labute approximate surface area is 117 Å². The van der Waals surface area contributed by atoms with Crippen LogP contribution < -0.4 is 0 Å². The molecule has 0 aliphatic rings. The van der Waals surface area contributed by atoms with Gasteiger partial charge in [0.15, 0.2) is 5.78 Å². The summed E-state index contributed by atoms with van der Waals surface area (Å²) >= 11 is 0. The van der Waals surface area contributed by atoms with Gasteiger partial charge in [0.25, 0.3) is 0 Å². The number of hydrogen-bond donors (Lipinski definition) is 1. The molecule has 1 N–H and O–H groups in total. The lowest BCUT2D eigenvalue weighted by molar-refractivity contribution is 0.103. The number of ketones is 1. The van der Waals surface area contributed by atoms with Crippen molar-refractivity contribution in [3.8, 4) is 5.75 Å². The highest BCUT2D eigenvalue weighted by atomic mass is 16.3. The van der Waals surface area contributed by atoms with Gasteiger partial charge in [-0.25, -0.2) is 0 Å². The van der Waals surface area contributed by atoms with E-state index < -0.39 is 0 Å². The fraction of sp³-hybridized carbons (Fsp3) is 0.0556. The van der Waals surface area contributed by atoms with Crippen LogP contribution >= 0.6 is 0 Å². The Morgan fingerprint density at radius 2 is 1.60 bits per heavy atom. The van der Waals surface area contributed by atoms with Crippen molar-refractivity contribution in [2.75, 3.05) is 0 Å². The van der Waals surface area contributed by atoms with E-state index in [0.717, 1.165) is 10.9 Å². The number of aromatic hydroxyl groups is 1. The lowest BCUT2D eigenvalue weighted by atomic mass is 9.98. The van der Waals surface area contributed by atoms with Crippen LogP contribution in [0.4, 0.5) is 0 Å². The summed E-state index contributed by atoms with van der Waals surface area (Å²) in [6.45, 7) is 1.97. The van der Waals surface area contributed by atoms with Crippen LogP contribution in [-0.4, -0.2) is 10.9 Å². The molecule has 0 radical (unpaired) electrons. The molecule has 0 amide bonds. The average molecular weight is 262 g/mol. The Morgan fingerprint density at radius 3 is 2.35 bits per heavy atom. The normalized spacial score (nSPS) is 10.7. The van der Waals surface area contributed by atoms with Crippen molar-refractivity contribution < 1.29 is 9.90 Å². The maximum Gasteiger partial charge on any atom is 0.196 e. The topological polar surface area (TPSA) is 37.3 Å². The Balaban J connectivity index is 2.12. The Kier molecular flexibility index (Phi) is 2.99. The van der Waals surface area contributed by atoms with Gasteiger partial charge in [-0.1, -0.05) is 60.2 Å². The fourth-order valence-electron chi connectivity index (χ4n) is 2.30. The maximum absolute atomic E-state index is 12.5.